The minimum atomic E-state index is -1.16. The number of imide groups is 1. The summed E-state index contributed by atoms with van der Waals surface area (Å²) in [6.45, 7) is 3.69. The van der Waals surface area contributed by atoms with Gasteiger partial charge in [-0.25, -0.2) is 9.59 Å². The van der Waals surface area contributed by atoms with Crippen LogP contribution in [0.5, 0.6) is 0 Å². The SMILES string of the molecule is CC[C@H](C)[C@@H](NC(=O)OCc1ccccc1)C(=O)O[C@H]1CC(=O)NC1=O. The molecule has 26 heavy (non-hydrogen) atoms. The number of esters is 1. The zero-order chi connectivity index (χ0) is 19.1. The van der Waals surface area contributed by atoms with Gasteiger partial charge in [0.15, 0.2) is 6.10 Å². The van der Waals surface area contributed by atoms with E-state index in [2.05, 4.69) is 10.6 Å². The summed E-state index contributed by atoms with van der Waals surface area (Å²) in [6.07, 6.45) is -1.54. The maximum Gasteiger partial charge on any atom is 0.408 e. The van der Waals surface area contributed by atoms with E-state index < -0.39 is 36.0 Å². The molecule has 0 aliphatic carbocycles. The average molecular weight is 362 g/mol. The number of hydrogen-bond donors (Lipinski definition) is 2. The van der Waals surface area contributed by atoms with Crippen molar-refractivity contribution in [3.05, 3.63) is 35.9 Å². The van der Waals surface area contributed by atoms with E-state index in [4.69, 9.17) is 9.47 Å². The van der Waals surface area contributed by atoms with E-state index in [0.29, 0.717) is 6.42 Å². The van der Waals surface area contributed by atoms with Gasteiger partial charge in [-0.05, 0) is 11.5 Å². The van der Waals surface area contributed by atoms with Crippen molar-refractivity contribution < 1.29 is 28.7 Å². The first-order chi connectivity index (χ1) is 12.4. The molecule has 3 amide bonds. The van der Waals surface area contributed by atoms with Crippen molar-refractivity contribution in [2.24, 2.45) is 5.92 Å². The van der Waals surface area contributed by atoms with E-state index in [-0.39, 0.29) is 18.9 Å². The summed E-state index contributed by atoms with van der Waals surface area (Å²) in [4.78, 5) is 47.1. The molecule has 1 aliphatic heterocycles. The van der Waals surface area contributed by atoms with Gasteiger partial charge in [0.05, 0.1) is 6.42 Å². The third kappa shape index (κ3) is 5.30. The summed E-state index contributed by atoms with van der Waals surface area (Å²) in [7, 11) is 0. The van der Waals surface area contributed by atoms with E-state index in [9.17, 15) is 19.2 Å². The van der Waals surface area contributed by atoms with Gasteiger partial charge in [-0.1, -0.05) is 50.6 Å². The first-order valence-corrected chi connectivity index (χ1v) is 8.42. The Bertz CT molecular complexity index is 676. The molecule has 0 radical (unpaired) electrons. The largest absolute Gasteiger partial charge is 0.450 e. The van der Waals surface area contributed by atoms with Crippen molar-refractivity contribution in [3.63, 3.8) is 0 Å². The number of ether oxygens (including phenoxy) is 2. The Labute approximate surface area is 151 Å². The predicted molar refractivity (Wildman–Crippen MR) is 90.7 cm³/mol. The molecule has 1 heterocycles. The fraction of sp³-hybridized carbons (Fsp3) is 0.444. The van der Waals surface area contributed by atoms with Gasteiger partial charge in [0.25, 0.3) is 5.91 Å². The molecule has 140 valence electrons. The third-order valence-corrected chi connectivity index (χ3v) is 4.14. The second kappa shape index (κ2) is 8.98. The number of amides is 3. The van der Waals surface area contributed by atoms with Crippen molar-refractivity contribution in [1.82, 2.24) is 10.6 Å². The van der Waals surface area contributed by atoms with Gasteiger partial charge in [0.2, 0.25) is 5.91 Å². The van der Waals surface area contributed by atoms with Crippen molar-refractivity contribution >= 4 is 23.9 Å². The second-order valence-corrected chi connectivity index (χ2v) is 6.11. The first-order valence-electron chi connectivity index (χ1n) is 8.42. The maximum atomic E-state index is 12.4. The molecule has 8 heteroatoms. The zero-order valence-electron chi connectivity index (χ0n) is 14.7. The van der Waals surface area contributed by atoms with Crippen LogP contribution in [0, 0.1) is 5.92 Å². The summed E-state index contributed by atoms with van der Waals surface area (Å²) < 4.78 is 10.2. The Balaban J connectivity index is 1.93. The molecular weight excluding hydrogens is 340 g/mol. The molecule has 2 rings (SSSR count). The fourth-order valence-electron chi connectivity index (χ4n) is 2.40. The van der Waals surface area contributed by atoms with Gasteiger partial charge in [-0.15, -0.1) is 0 Å². The summed E-state index contributed by atoms with van der Waals surface area (Å²) in [5.74, 6) is -2.17. The van der Waals surface area contributed by atoms with E-state index in [1.807, 2.05) is 37.3 Å². The minimum Gasteiger partial charge on any atom is -0.450 e. The molecule has 1 aliphatic rings. The summed E-state index contributed by atoms with van der Waals surface area (Å²) >= 11 is 0. The normalized spacial score (nSPS) is 18.6. The first kappa shape index (κ1) is 19.4. The van der Waals surface area contributed by atoms with Gasteiger partial charge in [0, 0.05) is 0 Å². The van der Waals surface area contributed by atoms with Crippen LogP contribution >= 0.6 is 0 Å². The third-order valence-electron chi connectivity index (χ3n) is 4.14. The van der Waals surface area contributed by atoms with Crippen LogP contribution in [0.25, 0.3) is 0 Å². The van der Waals surface area contributed by atoms with Gasteiger partial charge in [0.1, 0.15) is 12.6 Å². The number of nitrogens with one attached hydrogen (secondary N) is 2. The molecule has 2 N–H and O–H groups in total. The summed E-state index contributed by atoms with van der Waals surface area (Å²) in [6, 6.07) is 8.13. The van der Waals surface area contributed by atoms with Crippen LogP contribution in [0.1, 0.15) is 32.3 Å². The standard InChI is InChI=1S/C18H22N2O6/c1-3-11(2)15(17(23)26-13-9-14(21)19-16(13)22)20-18(24)25-10-12-7-5-4-6-8-12/h4-8,11,13,15H,3,9-10H2,1-2H3,(H,20,24)(H,19,21,22)/t11-,13-,15+/m0/s1. The molecule has 1 saturated heterocycles. The van der Waals surface area contributed by atoms with Crippen LogP contribution in [0.4, 0.5) is 4.79 Å². The Morgan fingerprint density at radius 2 is 1.96 bits per heavy atom. The van der Waals surface area contributed by atoms with Gasteiger partial charge < -0.3 is 14.8 Å². The average Bonchev–Trinajstić information content (AvgIpc) is 2.95. The van der Waals surface area contributed by atoms with Crippen LogP contribution in [0.3, 0.4) is 0 Å². The van der Waals surface area contributed by atoms with Crippen molar-refractivity contribution in [1.29, 1.82) is 0 Å². The van der Waals surface area contributed by atoms with Crippen LogP contribution in [-0.2, 0) is 30.5 Å². The highest BCUT2D eigenvalue weighted by molar-refractivity contribution is 6.05. The quantitative estimate of drug-likeness (QED) is 0.558. The molecule has 1 aromatic carbocycles. The topological polar surface area (TPSA) is 111 Å². The Hall–Kier alpha value is -2.90. The second-order valence-electron chi connectivity index (χ2n) is 6.11. The molecular formula is C18H22N2O6. The lowest BCUT2D eigenvalue weighted by Gasteiger charge is -2.23. The molecule has 0 aromatic heterocycles. The molecule has 0 bridgehead atoms. The highest BCUT2D eigenvalue weighted by Crippen LogP contribution is 2.14. The summed E-state index contributed by atoms with van der Waals surface area (Å²) in [5, 5.41) is 4.55. The number of benzene rings is 1. The number of alkyl carbamates (subject to hydrolysis) is 1. The number of rotatable bonds is 7. The molecule has 1 fully saturated rings. The van der Waals surface area contributed by atoms with Crippen LogP contribution in [0.15, 0.2) is 30.3 Å². The van der Waals surface area contributed by atoms with Crippen molar-refractivity contribution in [2.45, 2.75) is 45.4 Å². The van der Waals surface area contributed by atoms with Crippen molar-refractivity contribution in [3.8, 4) is 0 Å². The smallest absolute Gasteiger partial charge is 0.408 e. The Kier molecular flexibility index (Phi) is 6.71. The number of carbonyl (C=O) groups excluding carboxylic acids is 4. The maximum absolute atomic E-state index is 12.4. The fourth-order valence-corrected chi connectivity index (χ4v) is 2.40. The van der Waals surface area contributed by atoms with E-state index in [1.165, 1.54) is 0 Å². The van der Waals surface area contributed by atoms with Gasteiger partial charge in [-0.2, -0.15) is 0 Å². The lowest BCUT2D eigenvalue weighted by Crippen LogP contribution is -2.47. The van der Waals surface area contributed by atoms with Gasteiger partial charge in [-0.3, -0.25) is 14.9 Å². The molecule has 0 spiro atoms. The lowest BCUT2D eigenvalue weighted by molar-refractivity contribution is -0.157. The number of carbonyl (C=O) groups is 4. The van der Waals surface area contributed by atoms with Crippen LogP contribution in [0.2, 0.25) is 0 Å². The van der Waals surface area contributed by atoms with Crippen LogP contribution < -0.4 is 10.6 Å². The van der Waals surface area contributed by atoms with Crippen LogP contribution in [-0.4, -0.2) is 36.0 Å². The highest BCUT2D eigenvalue weighted by atomic mass is 16.6. The summed E-state index contributed by atoms with van der Waals surface area (Å²) in [5.41, 5.74) is 0.812. The van der Waals surface area contributed by atoms with Crippen molar-refractivity contribution in [2.75, 3.05) is 0 Å². The Morgan fingerprint density at radius 3 is 2.54 bits per heavy atom. The number of hydrogen-bond acceptors (Lipinski definition) is 6. The highest BCUT2D eigenvalue weighted by Gasteiger charge is 2.37. The molecule has 0 unspecified atom stereocenters. The monoisotopic (exact) mass is 362 g/mol. The molecule has 1 aromatic rings. The Morgan fingerprint density at radius 1 is 1.27 bits per heavy atom. The molecule has 8 nitrogen and oxygen atoms in total. The van der Waals surface area contributed by atoms with Gasteiger partial charge >= 0.3 is 12.1 Å². The molecule has 0 saturated carbocycles. The minimum absolute atomic E-state index is 0.0640. The predicted octanol–water partition coefficient (Wildman–Crippen LogP) is 1.29. The molecule has 3 atom stereocenters. The van der Waals surface area contributed by atoms with E-state index in [0.717, 1.165) is 5.56 Å². The lowest BCUT2D eigenvalue weighted by atomic mass is 9.99. The zero-order valence-corrected chi connectivity index (χ0v) is 14.7. The van der Waals surface area contributed by atoms with E-state index >= 15 is 0 Å². The van der Waals surface area contributed by atoms with E-state index in [1.54, 1.807) is 6.92 Å².